The second-order valence-electron chi connectivity index (χ2n) is 4.97. The Hall–Kier alpha value is -1.65. The maximum Gasteiger partial charge on any atom is 0.339 e. The molecule has 18 heavy (non-hydrogen) atoms. The smallest absolute Gasteiger partial charge is 0.339 e. The maximum absolute atomic E-state index is 11.3. The van der Waals surface area contributed by atoms with E-state index in [4.69, 9.17) is 0 Å². The molecule has 1 aliphatic rings. The molecule has 1 aromatic rings. The number of aromatic nitrogens is 2. The van der Waals surface area contributed by atoms with Crippen LogP contribution in [-0.2, 0) is 0 Å². The van der Waals surface area contributed by atoms with Crippen molar-refractivity contribution in [3.05, 3.63) is 16.8 Å². The van der Waals surface area contributed by atoms with Gasteiger partial charge in [0, 0.05) is 6.04 Å². The first-order chi connectivity index (χ1) is 8.54. The molecule has 1 saturated carbocycles. The summed E-state index contributed by atoms with van der Waals surface area (Å²) in [5.41, 5.74) is 1.61. The number of anilines is 1. The van der Waals surface area contributed by atoms with Gasteiger partial charge in [-0.1, -0.05) is 13.3 Å². The number of carbonyl (C=O) groups is 1. The van der Waals surface area contributed by atoms with Gasteiger partial charge in [0.25, 0.3) is 0 Å². The van der Waals surface area contributed by atoms with Crippen LogP contribution in [0, 0.1) is 19.8 Å². The zero-order valence-electron chi connectivity index (χ0n) is 11.0. The van der Waals surface area contributed by atoms with Crippen LogP contribution in [-0.4, -0.2) is 27.3 Å². The Labute approximate surface area is 107 Å². The Balaban J connectivity index is 2.18. The zero-order chi connectivity index (χ0) is 13.3. The molecule has 0 radical (unpaired) electrons. The highest BCUT2D eigenvalue weighted by Crippen LogP contribution is 2.37. The number of hydrogen-bond donors (Lipinski definition) is 2. The van der Waals surface area contributed by atoms with Crippen molar-refractivity contribution in [2.45, 2.75) is 46.1 Å². The Bertz CT molecular complexity index is 474. The molecule has 1 heterocycles. The maximum atomic E-state index is 11.3. The summed E-state index contributed by atoms with van der Waals surface area (Å²) in [5.74, 6) is 0.120. The lowest BCUT2D eigenvalue weighted by Gasteiger charge is -2.11. The van der Waals surface area contributed by atoms with Crippen LogP contribution in [0.25, 0.3) is 0 Å². The largest absolute Gasteiger partial charge is 0.478 e. The third kappa shape index (κ3) is 2.44. The number of nitrogens with zero attached hydrogens (tertiary/aromatic N) is 2. The van der Waals surface area contributed by atoms with Crippen molar-refractivity contribution in [2.75, 3.05) is 5.32 Å². The van der Waals surface area contributed by atoms with Crippen molar-refractivity contribution in [2.24, 2.45) is 5.92 Å². The monoisotopic (exact) mass is 249 g/mol. The number of nitrogens with one attached hydrogen (secondary N) is 1. The molecule has 98 valence electrons. The summed E-state index contributed by atoms with van der Waals surface area (Å²) < 4.78 is 0. The molecule has 5 nitrogen and oxygen atoms in total. The lowest BCUT2D eigenvalue weighted by atomic mass is 10.1. The van der Waals surface area contributed by atoms with E-state index in [1.807, 2.05) is 0 Å². The summed E-state index contributed by atoms with van der Waals surface area (Å²) in [6.45, 7) is 5.71. The molecule has 2 N–H and O–H groups in total. The van der Waals surface area contributed by atoms with Crippen molar-refractivity contribution in [3.63, 3.8) is 0 Å². The molecule has 2 rings (SSSR count). The molecule has 0 aliphatic heterocycles. The third-order valence-corrected chi connectivity index (χ3v) is 3.57. The minimum atomic E-state index is -0.944. The normalized spacial score (nSPS) is 21.7. The second-order valence-corrected chi connectivity index (χ2v) is 4.97. The van der Waals surface area contributed by atoms with Gasteiger partial charge in [-0.2, -0.15) is 5.10 Å². The summed E-state index contributed by atoms with van der Waals surface area (Å²) in [7, 11) is 0. The molecule has 0 bridgehead atoms. The van der Waals surface area contributed by atoms with Gasteiger partial charge in [0.1, 0.15) is 5.56 Å². The van der Waals surface area contributed by atoms with Crippen molar-refractivity contribution in [3.8, 4) is 0 Å². The van der Waals surface area contributed by atoms with E-state index in [1.54, 1.807) is 13.8 Å². The lowest BCUT2D eigenvalue weighted by molar-refractivity contribution is 0.0696. The number of carboxylic acid groups (broad SMARTS) is 1. The summed E-state index contributed by atoms with van der Waals surface area (Å²) in [6, 6.07) is 0.361. The molecule has 0 saturated heterocycles. The van der Waals surface area contributed by atoms with Gasteiger partial charge in [0.05, 0.1) is 5.69 Å². The van der Waals surface area contributed by atoms with E-state index >= 15 is 0 Å². The zero-order valence-corrected chi connectivity index (χ0v) is 11.0. The first kappa shape index (κ1) is 12.8. The SMILES string of the molecule is CCCC1CC1Nc1nnc(C)c(C)c1C(=O)O. The number of hydrogen-bond acceptors (Lipinski definition) is 4. The lowest BCUT2D eigenvalue weighted by Crippen LogP contribution is -2.15. The minimum absolute atomic E-state index is 0.254. The average Bonchev–Trinajstić information content (AvgIpc) is 3.02. The van der Waals surface area contributed by atoms with E-state index in [0.29, 0.717) is 29.0 Å². The van der Waals surface area contributed by atoms with Crippen LogP contribution >= 0.6 is 0 Å². The van der Waals surface area contributed by atoms with Crippen LogP contribution in [0.1, 0.15) is 47.8 Å². The van der Waals surface area contributed by atoms with E-state index in [-0.39, 0.29) is 5.56 Å². The predicted molar refractivity (Wildman–Crippen MR) is 68.9 cm³/mol. The minimum Gasteiger partial charge on any atom is -0.478 e. The molecule has 1 aliphatic carbocycles. The van der Waals surface area contributed by atoms with E-state index < -0.39 is 5.97 Å². The fraction of sp³-hybridized carbons (Fsp3) is 0.615. The summed E-state index contributed by atoms with van der Waals surface area (Å²) in [6.07, 6.45) is 3.44. The highest BCUT2D eigenvalue weighted by Gasteiger charge is 2.37. The number of aromatic carboxylic acids is 1. The average molecular weight is 249 g/mol. The van der Waals surface area contributed by atoms with Gasteiger partial charge in [-0.25, -0.2) is 4.79 Å². The summed E-state index contributed by atoms with van der Waals surface area (Å²) in [5, 5.41) is 20.5. The number of carboxylic acids is 1. The molecule has 1 aromatic heterocycles. The highest BCUT2D eigenvalue weighted by molar-refractivity contribution is 5.94. The van der Waals surface area contributed by atoms with Crippen LogP contribution in [0.2, 0.25) is 0 Å². The third-order valence-electron chi connectivity index (χ3n) is 3.57. The number of rotatable bonds is 5. The molecule has 0 amide bonds. The molecule has 1 fully saturated rings. The Morgan fingerprint density at radius 1 is 1.44 bits per heavy atom. The molecule has 0 aromatic carbocycles. The van der Waals surface area contributed by atoms with Crippen molar-refractivity contribution >= 4 is 11.8 Å². The molecular weight excluding hydrogens is 230 g/mol. The fourth-order valence-electron chi connectivity index (χ4n) is 2.26. The van der Waals surface area contributed by atoms with Gasteiger partial charge >= 0.3 is 5.97 Å². The Morgan fingerprint density at radius 2 is 2.17 bits per heavy atom. The summed E-state index contributed by atoms with van der Waals surface area (Å²) >= 11 is 0. The predicted octanol–water partition coefficient (Wildman–Crippen LogP) is 2.39. The summed E-state index contributed by atoms with van der Waals surface area (Å²) in [4.78, 5) is 11.3. The van der Waals surface area contributed by atoms with Gasteiger partial charge in [-0.3, -0.25) is 0 Å². The van der Waals surface area contributed by atoms with Gasteiger partial charge < -0.3 is 10.4 Å². The van der Waals surface area contributed by atoms with Crippen LogP contribution < -0.4 is 5.32 Å². The van der Waals surface area contributed by atoms with Crippen LogP contribution in [0.3, 0.4) is 0 Å². The molecule has 2 atom stereocenters. The second kappa shape index (κ2) is 4.92. The molecule has 2 unspecified atom stereocenters. The van der Waals surface area contributed by atoms with Gasteiger partial charge in [0.15, 0.2) is 5.82 Å². The first-order valence-corrected chi connectivity index (χ1v) is 6.38. The fourth-order valence-corrected chi connectivity index (χ4v) is 2.26. The van der Waals surface area contributed by atoms with E-state index in [2.05, 4.69) is 22.4 Å². The Kier molecular flexibility index (Phi) is 3.50. The van der Waals surface area contributed by atoms with Crippen molar-refractivity contribution in [1.29, 1.82) is 0 Å². The van der Waals surface area contributed by atoms with Gasteiger partial charge in [0.2, 0.25) is 0 Å². The van der Waals surface area contributed by atoms with Crippen LogP contribution in [0.5, 0.6) is 0 Å². The van der Waals surface area contributed by atoms with Gasteiger partial charge in [-0.05, 0) is 38.2 Å². The highest BCUT2D eigenvalue weighted by atomic mass is 16.4. The van der Waals surface area contributed by atoms with Crippen LogP contribution in [0.4, 0.5) is 5.82 Å². The molecular formula is C13H19N3O2. The molecule has 0 spiro atoms. The number of aryl methyl sites for hydroxylation is 1. The van der Waals surface area contributed by atoms with Crippen LogP contribution in [0.15, 0.2) is 0 Å². The standard InChI is InChI=1S/C13H19N3O2/c1-4-5-9-6-10(9)14-12-11(13(17)18)7(2)8(3)15-16-12/h9-10H,4-6H2,1-3H3,(H,14,16)(H,17,18). The quantitative estimate of drug-likeness (QED) is 0.838. The van der Waals surface area contributed by atoms with Gasteiger partial charge in [-0.15, -0.1) is 5.10 Å². The van der Waals surface area contributed by atoms with Crippen molar-refractivity contribution in [1.82, 2.24) is 10.2 Å². The van der Waals surface area contributed by atoms with E-state index in [1.165, 1.54) is 6.42 Å². The van der Waals surface area contributed by atoms with Crippen molar-refractivity contribution < 1.29 is 9.90 Å². The Morgan fingerprint density at radius 3 is 2.78 bits per heavy atom. The van der Waals surface area contributed by atoms with E-state index in [9.17, 15) is 9.90 Å². The first-order valence-electron chi connectivity index (χ1n) is 6.38. The molecule has 5 heteroatoms. The van der Waals surface area contributed by atoms with E-state index in [0.717, 1.165) is 12.8 Å². The topological polar surface area (TPSA) is 75.1 Å².